The van der Waals surface area contributed by atoms with Crippen LogP contribution in [-0.4, -0.2) is 56.8 Å². The lowest BCUT2D eigenvalue weighted by Crippen LogP contribution is -2.34. The van der Waals surface area contributed by atoms with Crippen LogP contribution >= 0.6 is 0 Å². The summed E-state index contributed by atoms with van der Waals surface area (Å²) in [7, 11) is 1.56. The van der Waals surface area contributed by atoms with Crippen LogP contribution in [0.15, 0.2) is 24.5 Å². The van der Waals surface area contributed by atoms with Crippen molar-refractivity contribution >= 4 is 39.5 Å². The summed E-state index contributed by atoms with van der Waals surface area (Å²) in [4.78, 5) is 37.6. The van der Waals surface area contributed by atoms with Crippen molar-refractivity contribution < 1.29 is 18.7 Å². The minimum Gasteiger partial charge on any atom is -0.443 e. The summed E-state index contributed by atoms with van der Waals surface area (Å²) in [5.41, 5.74) is 0.966. The lowest BCUT2D eigenvalue weighted by molar-refractivity contribution is 0.0589. The van der Waals surface area contributed by atoms with E-state index in [2.05, 4.69) is 31.8 Å². The van der Waals surface area contributed by atoms with Gasteiger partial charge in [0.15, 0.2) is 5.75 Å². The predicted octanol–water partition coefficient (Wildman–Crippen LogP) is 5.75. The number of rotatable bonds is 4. The summed E-state index contributed by atoms with van der Waals surface area (Å²) in [6, 6.07) is 2.89. The van der Waals surface area contributed by atoms with Crippen molar-refractivity contribution in [2.24, 2.45) is 11.3 Å². The average molecular weight is 534 g/mol. The van der Waals surface area contributed by atoms with Gasteiger partial charge in [0, 0.05) is 25.5 Å². The number of hydrogen-bond acceptors (Lipinski definition) is 8. The quantitative estimate of drug-likeness (QED) is 0.353. The van der Waals surface area contributed by atoms with Gasteiger partial charge < -0.3 is 19.4 Å². The van der Waals surface area contributed by atoms with Crippen molar-refractivity contribution in [3.63, 3.8) is 0 Å². The van der Waals surface area contributed by atoms with Gasteiger partial charge in [-0.1, -0.05) is 6.92 Å². The number of fused-ring (bicyclic) bond motifs is 3. The molecule has 1 aliphatic carbocycles. The Kier molecular flexibility index (Phi) is 5.67. The number of nitrogens with one attached hydrogen (secondary N) is 1. The summed E-state index contributed by atoms with van der Waals surface area (Å²) in [5.74, 6) is 1.73. The van der Waals surface area contributed by atoms with Crippen LogP contribution in [0.4, 0.5) is 20.7 Å². The standard InChI is InChI=1S/C28H32FN7O3/c1-15-13-36(14-28(15)7-8-28)24-21-19-9-17(29)10-20(35(6)26(37)39-27(3,4)5)22(19)32-23(21)33-25(34-24)38-18-11-30-16(2)31-12-18/h9-12,15H,7-8,13-14H2,1-6H3,(H,32,33,34)/t15-/m0/s1. The van der Waals surface area contributed by atoms with Crippen LogP contribution in [0.5, 0.6) is 11.8 Å². The van der Waals surface area contributed by atoms with E-state index >= 15 is 4.39 Å². The first kappa shape index (κ1) is 25.3. The van der Waals surface area contributed by atoms with Crippen molar-refractivity contribution in [3.05, 3.63) is 36.2 Å². The second-order valence-corrected chi connectivity index (χ2v) is 11.8. The number of nitrogens with zero attached hydrogens (tertiary/aromatic N) is 6. The Morgan fingerprint density at radius 1 is 1.21 bits per heavy atom. The molecule has 0 bridgehead atoms. The molecule has 1 saturated heterocycles. The van der Waals surface area contributed by atoms with Gasteiger partial charge in [0.25, 0.3) is 0 Å². The average Bonchev–Trinajstić information content (AvgIpc) is 3.45. The zero-order valence-corrected chi connectivity index (χ0v) is 23.0. The van der Waals surface area contributed by atoms with Crippen LogP contribution in [0.2, 0.25) is 0 Å². The van der Waals surface area contributed by atoms with Gasteiger partial charge in [-0.05, 0) is 64.0 Å². The minimum atomic E-state index is -0.700. The van der Waals surface area contributed by atoms with Crippen LogP contribution in [0.3, 0.4) is 0 Å². The number of anilines is 2. The third kappa shape index (κ3) is 4.59. The van der Waals surface area contributed by atoms with Crippen LogP contribution in [0.1, 0.15) is 46.4 Å². The number of aryl methyl sites for hydroxylation is 1. The number of hydrogen-bond donors (Lipinski definition) is 1. The first-order valence-corrected chi connectivity index (χ1v) is 13.1. The van der Waals surface area contributed by atoms with Gasteiger partial charge in [0.2, 0.25) is 0 Å². The molecule has 11 heteroatoms. The van der Waals surface area contributed by atoms with Crippen LogP contribution in [0, 0.1) is 24.1 Å². The monoisotopic (exact) mass is 533 g/mol. The highest BCUT2D eigenvalue weighted by Gasteiger charge is 2.53. The molecule has 2 fully saturated rings. The lowest BCUT2D eigenvalue weighted by atomic mass is 9.95. The molecule has 39 heavy (non-hydrogen) atoms. The van der Waals surface area contributed by atoms with Crippen molar-refractivity contribution in [1.82, 2.24) is 24.9 Å². The van der Waals surface area contributed by atoms with Gasteiger partial charge in [0.05, 0.1) is 29.0 Å². The Balaban J connectivity index is 1.51. The van der Waals surface area contributed by atoms with E-state index in [-0.39, 0.29) is 6.01 Å². The predicted molar refractivity (Wildman–Crippen MR) is 146 cm³/mol. The van der Waals surface area contributed by atoms with Gasteiger partial charge >= 0.3 is 12.1 Å². The molecule has 10 nitrogen and oxygen atoms in total. The third-order valence-corrected chi connectivity index (χ3v) is 7.70. The molecule has 2 aliphatic rings. The third-order valence-electron chi connectivity index (χ3n) is 7.70. The number of halogens is 1. The van der Waals surface area contributed by atoms with E-state index in [1.165, 1.54) is 29.9 Å². The summed E-state index contributed by atoms with van der Waals surface area (Å²) in [5, 5.41) is 1.26. The fraction of sp³-hybridized carbons (Fsp3) is 0.464. The van der Waals surface area contributed by atoms with E-state index in [1.807, 2.05) is 0 Å². The van der Waals surface area contributed by atoms with Crippen molar-refractivity contribution in [2.75, 3.05) is 29.9 Å². The molecule has 204 valence electrons. The Bertz CT molecular complexity index is 1590. The second-order valence-electron chi connectivity index (χ2n) is 11.8. The highest BCUT2D eigenvalue weighted by molar-refractivity contribution is 6.16. The molecule has 1 saturated carbocycles. The zero-order chi connectivity index (χ0) is 27.7. The normalized spacial score (nSPS) is 18.2. The molecule has 1 aliphatic heterocycles. The number of aromatic amines is 1. The number of carbonyl (C=O) groups is 1. The Labute approximate surface area is 225 Å². The Morgan fingerprint density at radius 3 is 2.56 bits per heavy atom. The molecule has 1 aromatic carbocycles. The fourth-order valence-corrected chi connectivity index (χ4v) is 5.41. The maximum atomic E-state index is 15.1. The SMILES string of the molecule is Cc1ncc(Oc2nc(N3C[C@H](C)C4(CC4)C3)c3c(n2)[nH]c2c(N(C)C(=O)OC(C)(C)C)cc(F)cc23)cn1. The summed E-state index contributed by atoms with van der Waals surface area (Å²) in [6.07, 6.45) is 4.93. The number of aromatic nitrogens is 5. The smallest absolute Gasteiger partial charge is 0.414 e. The van der Waals surface area contributed by atoms with E-state index in [1.54, 1.807) is 47.1 Å². The largest absolute Gasteiger partial charge is 0.443 e. The van der Waals surface area contributed by atoms with Gasteiger partial charge in [0.1, 0.15) is 28.7 Å². The summed E-state index contributed by atoms with van der Waals surface area (Å²) in [6.45, 7) is 11.1. The molecule has 1 atom stereocenters. The van der Waals surface area contributed by atoms with Gasteiger partial charge in [-0.2, -0.15) is 9.97 Å². The van der Waals surface area contributed by atoms with E-state index in [0.717, 1.165) is 13.1 Å². The maximum Gasteiger partial charge on any atom is 0.414 e. The molecule has 1 spiro atoms. The van der Waals surface area contributed by atoms with E-state index in [4.69, 9.17) is 14.5 Å². The number of amides is 1. The summed E-state index contributed by atoms with van der Waals surface area (Å²) < 4.78 is 26.6. The molecular weight excluding hydrogens is 501 g/mol. The molecule has 0 unspecified atom stereocenters. The molecule has 4 aromatic rings. The molecule has 4 heterocycles. The lowest BCUT2D eigenvalue weighted by Gasteiger charge is -2.25. The second kappa shape index (κ2) is 8.75. The van der Waals surface area contributed by atoms with Gasteiger partial charge in [-0.3, -0.25) is 4.90 Å². The van der Waals surface area contributed by atoms with Crippen molar-refractivity contribution in [3.8, 4) is 11.8 Å². The zero-order valence-electron chi connectivity index (χ0n) is 23.0. The van der Waals surface area contributed by atoms with Gasteiger partial charge in [-0.25, -0.2) is 19.2 Å². The van der Waals surface area contributed by atoms with E-state index in [0.29, 0.717) is 56.3 Å². The fourth-order valence-electron chi connectivity index (χ4n) is 5.41. The molecule has 1 amide bonds. The molecule has 3 aromatic heterocycles. The number of carbonyl (C=O) groups excluding carboxylic acids is 1. The van der Waals surface area contributed by atoms with Gasteiger partial charge in [-0.15, -0.1) is 0 Å². The van der Waals surface area contributed by atoms with E-state index < -0.39 is 17.5 Å². The topological polar surface area (TPSA) is 109 Å². The number of ether oxygens (including phenoxy) is 2. The van der Waals surface area contributed by atoms with Crippen LogP contribution < -0.4 is 14.5 Å². The highest BCUT2D eigenvalue weighted by Crippen LogP contribution is 2.57. The molecule has 6 rings (SSSR count). The molecule has 1 N–H and O–H groups in total. The van der Waals surface area contributed by atoms with E-state index in [9.17, 15) is 4.79 Å². The van der Waals surface area contributed by atoms with Crippen LogP contribution in [-0.2, 0) is 4.74 Å². The van der Waals surface area contributed by atoms with Crippen molar-refractivity contribution in [1.29, 1.82) is 0 Å². The number of benzene rings is 1. The summed E-state index contributed by atoms with van der Waals surface area (Å²) >= 11 is 0. The first-order chi connectivity index (χ1) is 18.4. The first-order valence-electron chi connectivity index (χ1n) is 13.1. The molecule has 0 radical (unpaired) electrons. The minimum absolute atomic E-state index is 0.128. The Hall–Kier alpha value is -4.02. The number of H-pyrrole nitrogens is 1. The highest BCUT2D eigenvalue weighted by atomic mass is 19.1. The van der Waals surface area contributed by atoms with Crippen molar-refractivity contribution in [2.45, 2.75) is 53.1 Å². The Morgan fingerprint density at radius 2 is 1.92 bits per heavy atom. The van der Waals surface area contributed by atoms with Crippen LogP contribution in [0.25, 0.3) is 21.9 Å². The maximum absolute atomic E-state index is 15.1. The molecular formula is C28H32FN7O3.